The van der Waals surface area contributed by atoms with E-state index >= 15 is 0 Å². The van der Waals surface area contributed by atoms with E-state index < -0.39 is 0 Å². The third-order valence-corrected chi connectivity index (χ3v) is 7.00. The van der Waals surface area contributed by atoms with Crippen molar-refractivity contribution in [1.82, 2.24) is 9.80 Å². The first kappa shape index (κ1) is 18.9. The van der Waals surface area contributed by atoms with Crippen LogP contribution < -0.4 is 14.9 Å². The molecule has 3 aromatic rings. The second-order valence-corrected chi connectivity index (χ2v) is 8.92. The lowest BCUT2D eigenvalue weighted by Gasteiger charge is -2.30. The van der Waals surface area contributed by atoms with Gasteiger partial charge in [-0.2, -0.15) is 0 Å². The second-order valence-electron chi connectivity index (χ2n) is 7.83. The van der Waals surface area contributed by atoms with E-state index in [9.17, 15) is 4.79 Å². The number of ether oxygens (including phenoxy) is 2. The molecule has 152 valence electrons. The molecule has 0 amide bonds. The van der Waals surface area contributed by atoms with Crippen LogP contribution in [0.3, 0.4) is 0 Å². The summed E-state index contributed by atoms with van der Waals surface area (Å²) in [5.74, 6) is 1.60. The quantitative estimate of drug-likeness (QED) is 0.531. The largest absolute Gasteiger partial charge is 0.492 e. The number of rotatable bonds is 8. The van der Waals surface area contributed by atoms with E-state index in [4.69, 9.17) is 9.47 Å². The van der Waals surface area contributed by atoms with E-state index in [2.05, 4.69) is 9.80 Å². The Hall–Kier alpha value is -2.15. The number of hydrogen-bond acceptors (Lipinski definition) is 6. The molecular formula is C23H26N2O3S. The monoisotopic (exact) mass is 410 g/mol. The first-order valence-electron chi connectivity index (χ1n) is 10.5. The minimum Gasteiger partial charge on any atom is -0.492 e. The minimum absolute atomic E-state index is 0.0640. The van der Waals surface area contributed by atoms with Crippen LogP contribution in [-0.4, -0.2) is 62.3 Å². The Morgan fingerprint density at radius 1 is 0.759 bits per heavy atom. The van der Waals surface area contributed by atoms with Gasteiger partial charge in [-0.1, -0.05) is 0 Å². The van der Waals surface area contributed by atoms with Crippen LogP contribution in [0.15, 0.2) is 41.2 Å². The van der Waals surface area contributed by atoms with E-state index in [1.807, 2.05) is 36.4 Å². The summed E-state index contributed by atoms with van der Waals surface area (Å²) in [6.45, 7) is 7.96. The van der Waals surface area contributed by atoms with E-state index in [0.717, 1.165) is 44.8 Å². The molecule has 0 bridgehead atoms. The van der Waals surface area contributed by atoms with Crippen molar-refractivity contribution in [2.75, 3.05) is 52.5 Å². The molecule has 2 aliphatic heterocycles. The highest BCUT2D eigenvalue weighted by Gasteiger charge is 2.14. The van der Waals surface area contributed by atoms with Gasteiger partial charge in [-0.05, 0) is 75.4 Å². The number of likely N-dealkylation sites (tertiary alicyclic amines) is 2. The zero-order valence-electron chi connectivity index (χ0n) is 16.6. The Morgan fingerprint density at radius 3 is 2.00 bits per heavy atom. The van der Waals surface area contributed by atoms with Crippen LogP contribution in [0.25, 0.3) is 20.2 Å². The van der Waals surface area contributed by atoms with Crippen molar-refractivity contribution < 1.29 is 9.47 Å². The lowest BCUT2D eigenvalue weighted by molar-refractivity contribution is 0.147. The highest BCUT2D eigenvalue weighted by molar-refractivity contribution is 7.24. The Balaban J connectivity index is 1.33. The Labute approximate surface area is 174 Å². The van der Waals surface area contributed by atoms with Gasteiger partial charge in [-0.15, -0.1) is 11.3 Å². The van der Waals surface area contributed by atoms with Gasteiger partial charge in [-0.3, -0.25) is 14.6 Å². The van der Waals surface area contributed by atoms with Gasteiger partial charge in [-0.25, -0.2) is 0 Å². The maximum absolute atomic E-state index is 13.0. The van der Waals surface area contributed by atoms with Gasteiger partial charge in [0.15, 0.2) is 5.43 Å². The average Bonchev–Trinajstić information content (AvgIpc) is 2.66. The lowest BCUT2D eigenvalue weighted by atomic mass is 10.1. The van der Waals surface area contributed by atoms with Crippen molar-refractivity contribution in [2.24, 2.45) is 0 Å². The molecular weight excluding hydrogens is 384 g/mol. The lowest BCUT2D eigenvalue weighted by Crippen LogP contribution is -2.39. The highest BCUT2D eigenvalue weighted by atomic mass is 32.1. The van der Waals surface area contributed by atoms with Crippen LogP contribution in [0.4, 0.5) is 0 Å². The zero-order valence-corrected chi connectivity index (χ0v) is 17.4. The van der Waals surface area contributed by atoms with Crippen LogP contribution in [0, 0.1) is 0 Å². The molecule has 6 heteroatoms. The van der Waals surface area contributed by atoms with Crippen LogP contribution in [-0.2, 0) is 0 Å². The summed E-state index contributed by atoms with van der Waals surface area (Å²) in [5, 5.41) is 1.48. The maximum Gasteiger partial charge on any atom is 0.196 e. The SMILES string of the molecule is O=c1c2ccc(OCCN3CCC3)cc2sc2ccc(OCCN3CCC3)cc12. The average molecular weight is 411 g/mol. The summed E-state index contributed by atoms with van der Waals surface area (Å²) < 4.78 is 13.7. The smallest absolute Gasteiger partial charge is 0.196 e. The van der Waals surface area contributed by atoms with Crippen molar-refractivity contribution in [2.45, 2.75) is 12.8 Å². The maximum atomic E-state index is 13.0. The second kappa shape index (κ2) is 8.30. The van der Waals surface area contributed by atoms with E-state index in [1.165, 1.54) is 39.0 Å². The van der Waals surface area contributed by atoms with Gasteiger partial charge in [0.1, 0.15) is 24.7 Å². The molecule has 2 saturated heterocycles. The fourth-order valence-corrected chi connectivity index (χ4v) is 4.87. The Morgan fingerprint density at radius 2 is 1.38 bits per heavy atom. The van der Waals surface area contributed by atoms with Gasteiger partial charge in [0, 0.05) is 33.3 Å². The molecule has 0 atom stereocenters. The molecule has 0 aliphatic carbocycles. The van der Waals surface area contributed by atoms with Gasteiger partial charge < -0.3 is 9.47 Å². The first-order valence-corrected chi connectivity index (χ1v) is 11.3. The molecule has 5 nitrogen and oxygen atoms in total. The molecule has 0 unspecified atom stereocenters. The van der Waals surface area contributed by atoms with Crippen molar-refractivity contribution >= 4 is 31.5 Å². The third kappa shape index (κ3) is 4.10. The Kier molecular flexibility index (Phi) is 5.40. The number of hydrogen-bond donors (Lipinski definition) is 0. The number of benzene rings is 2. The molecule has 2 aromatic carbocycles. The van der Waals surface area contributed by atoms with Crippen molar-refractivity contribution in [3.8, 4) is 11.5 Å². The molecule has 5 rings (SSSR count). The summed E-state index contributed by atoms with van der Waals surface area (Å²) >= 11 is 1.63. The zero-order chi connectivity index (χ0) is 19.6. The summed E-state index contributed by atoms with van der Waals surface area (Å²) in [4.78, 5) is 17.8. The minimum atomic E-state index is 0.0640. The molecule has 0 spiro atoms. The topological polar surface area (TPSA) is 42.0 Å². The van der Waals surface area contributed by atoms with Gasteiger partial charge in [0.05, 0.1) is 0 Å². The predicted octanol–water partition coefficient (Wildman–Crippen LogP) is 3.58. The van der Waals surface area contributed by atoms with Crippen molar-refractivity contribution in [3.05, 3.63) is 46.6 Å². The fourth-order valence-electron chi connectivity index (χ4n) is 3.79. The first-order chi connectivity index (χ1) is 14.3. The molecule has 3 heterocycles. The van der Waals surface area contributed by atoms with Crippen molar-refractivity contribution in [3.63, 3.8) is 0 Å². The number of nitrogens with zero attached hydrogens (tertiary/aromatic N) is 2. The standard InChI is InChI=1S/C23H26N2O3S/c26-23-19-5-3-18(28-14-12-25-9-2-10-25)16-22(19)29-21-6-4-17(15-20(21)23)27-13-11-24-7-1-8-24/h3-6,15-16H,1-2,7-14H2. The van der Waals surface area contributed by atoms with Crippen LogP contribution in [0.2, 0.25) is 0 Å². The molecule has 0 radical (unpaired) electrons. The molecule has 2 fully saturated rings. The van der Waals surface area contributed by atoms with Crippen LogP contribution in [0.1, 0.15) is 12.8 Å². The van der Waals surface area contributed by atoms with Gasteiger partial charge in [0.25, 0.3) is 0 Å². The molecule has 0 saturated carbocycles. The van der Waals surface area contributed by atoms with E-state index in [1.54, 1.807) is 11.3 Å². The van der Waals surface area contributed by atoms with Gasteiger partial charge >= 0.3 is 0 Å². The summed E-state index contributed by atoms with van der Waals surface area (Å²) in [6, 6.07) is 11.6. The third-order valence-electron chi connectivity index (χ3n) is 5.86. The van der Waals surface area contributed by atoms with Crippen molar-refractivity contribution in [1.29, 1.82) is 0 Å². The van der Waals surface area contributed by atoms with Gasteiger partial charge in [0.2, 0.25) is 0 Å². The Bertz CT molecular complexity index is 1070. The normalized spacial score (nSPS) is 17.2. The predicted molar refractivity (Wildman–Crippen MR) is 119 cm³/mol. The molecule has 29 heavy (non-hydrogen) atoms. The van der Waals surface area contributed by atoms with E-state index in [0.29, 0.717) is 13.2 Å². The fraction of sp³-hybridized carbons (Fsp3) is 0.435. The number of fused-ring (bicyclic) bond motifs is 2. The molecule has 2 aliphatic rings. The highest BCUT2D eigenvalue weighted by Crippen LogP contribution is 2.30. The molecule has 1 aromatic heterocycles. The molecule has 0 N–H and O–H groups in total. The van der Waals surface area contributed by atoms with E-state index in [-0.39, 0.29) is 5.43 Å². The summed E-state index contributed by atoms with van der Waals surface area (Å²) in [6.07, 6.45) is 2.58. The summed E-state index contributed by atoms with van der Waals surface area (Å²) in [7, 11) is 0. The van der Waals surface area contributed by atoms with Crippen LogP contribution >= 0.6 is 11.3 Å². The summed E-state index contributed by atoms with van der Waals surface area (Å²) in [5.41, 5.74) is 0.0640. The van der Waals surface area contributed by atoms with Crippen LogP contribution in [0.5, 0.6) is 11.5 Å².